The molecule has 0 N–H and O–H groups in total. The topological polar surface area (TPSA) is 12.4 Å². The van der Waals surface area contributed by atoms with Gasteiger partial charge in [-0.15, -0.1) is 0 Å². The van der Waals surface area contributed by atoms with Gasteiger partial charge in [0.15, 0.2) is 0 Å². The molecule has 3 aromatic rings. The average molecular weight is 259 g/mol. The zero-order valence-corrected chi connectivity index (χ0v) is 11.6. The molecular weight excluding hydrogens is 242 g/mol. The lowest BCUT2D eigenvalue weighted by Gasteiger charge is -2.06. The van der Waals surface area contributed by atoms with E-state index in [1.54, 1.807) is 0 Å². The van der Waals surface area contributed by atoms with E-state index in [-0.39, 0.29) is 0 Å². The Morgan fingerprint density at radius 1 is 0.800 bits per heavy atom. The van der Waals surface area contributed by atoms with Crippen molar-refractivity contribution < 1.29 is 0 Å². The molecule has 0 fully saturated rings. The van der Waals surface area contributed by atoms with Crippen molar-refractivity contribution in [2.75, 3.05) is 0 Å². The Morgan fingerprint density at radius 2 is 1.50 bits per heavy atom. The maximum atomic E-state index is 4.89. The van der Waals surface area contributed by atoms with Crippen LogP contribution in [0.2, 0.25) is 0 Å². The molecular formula is C19H17N. The standard InChI is InChI=1S/C19H17N/c1-2-18(16-10-4-3-5-11-16)20-19-14-8-12-15-9-6-7-13-17(15)19/h3-14H,2H2,1H3. The molecule has 0 aromatic heterocycles. The van der Waals surface area contributed by atoms with Gasteiger partial charge < -0.3 is 0 Å². The zero-order chi connectivity index (χ0) is 13.8. The average Bonchev–Trinajstić information content (AvgIpc) is 2.53. The van der Waals surface area contributed by atoms with Crippen molar-refractivity contribution in [1.82, 2.24) is 0 Å². The van der Waals surface area contributed by atoms with Gasteiger partial charge in [0, 0.05) is 11.1 Å². The quantitative estimate of drug-likeness (QED) is 0.561. The highest BCUT2D eigenvalue weighted by Gasteiger charge is 2.03. The van der Waals surface area contributed by atoms with E-state index in [1.807, 2.05) is 6.07 Å². The minimum Gasteiger partial charge on any atom is -0.252 e. The number of rotatable bonds is 3. The number of hydrogen-bond acceptors (Lipinski definition) is 1. The Kier molecular flexibility index (Phi) is 3.60. The molecule has 0 unspecified atom stereocenters. The predicted octanol–water partition coefficient (Wildman–Crippen LogP) is 5.37. The number of benzene rings is 3. The molecule has 0 heterocycles. The molecule has 0 saturated heterocycles. The number of nitrogens with zero attached hydrogens (tertiary/aromatic N) is 1. The Hall–Kier alpha value is -2.41. The van der Waals surface area contributed by atoms with Crippen LogP contribution in [0.4, 0.5) is 5.69 Å². The minimum atomic E-state index is 0.924. The summed E-state index contributed by atoms with van der Waals surface area (Å²) in [6.45, 7) is 2.15. The van der Waals surface area contributed by atoms with Crippen molar-refractivity contribution in [3.63, 3.8) is 0 Å². The second-order valence-electron chi connectivity index (χ2n) is 4.78. The van der Waals surface area contributed by atoms with E-state index in [4.69, 9.17) is 4.99 Å². The molecule has 20 heavy (non-hydrogen) atoms. The SMILES string of the molecule is CCC(=Nc1cccc2ccccc12)c1ccccc1. The summed E-state index contributed by atoms with van der Waals surface area (Å²) < 4.78 is 0. The van der Waals surface area contributed by atoms with Gasteiger partial charge in [-0.2, -0.15) is 0 Å². The van der Waals surface area contributed by atoms with Gasteiger partial charge in [-0.25, -0.2) is 0 Å². The van der Waals surface area contributed by atoms with Crippen molar-refractivity contribution >= 4 is 22.2 Å². The monoisotopic (exact) mass is 259 g/mol. The van der Waals surface area contributed by atoms with E-state index in [0.29, 0.717) is 0 Å². The molecule has 1 nitrogen and oxygen atoms in total. The lowest BCUT2D eigenvalue weighted by atomic mass is 10.1. The molecule has 0 aliphatic carbocycles. The molecule has 0 aliphatic heterocycles. The third-order valence-electron chi connectivity index (χ3n) is 3.46. The van der Waals surface area contributed by atoms with E-state index >= 15 is 0 Å². The molecule has 3 rings (SSSR count). The van der Waals surface area contributed by atoms with E-state index in [9.17, 15) is 0 Å². The Labute approximate surface area is 119 Å². The maximum Gasteiger partial charge on any atom is 0.0711 e. The van der Waals surface area contributed by atoms with Crippen LogP contribution in [-0.4, -0.2) is 5.71 Å². The minimum absolute atomic E-state index is 0.924. The normalized spacial score (nSPS) is 11.8. The third-order valence-corrected chi connectivity index (χ3v) is 3.46. The fourth-order valence-electron chi connectivity index (χ4n) is 2.43. The molecule has 0 amide bonds. The fraction of sp³-hybridized carbons (Fsp3) is 0.105. The summed E-state index contributed by atoms with van der Waals surface area (Å²) in [6, 6.07) is 25.1. The molecule has 0 aliphatic rings. The van der Waals surface area contributed by atoms with Gasteiger partial charge in [-0.1, -0.05) is 73.7 Å². The predicted molar refractivity (Wildman–Crippen MR) is 86.9 cm³/mol. The fourth-order valence-corrected chi connectivity index (χ4v) is 2.43. The van der Waals surface area contributed by atoms with Gasteiger partial charge in [0.25, 0.3) is 0 Å². The summed E-state index contributed by atoms with van der Waals surface area (Å²) in [7, 11) is 0. The number of fused-ring (bicyclic) bond motifs is 1. The van der Waals surface area contributed by atoms with Crippen LogP contribution < -0.4 is 0 Å². The Balaban J connectivity index is 2.13. The van der Waals surface area contributed by atoms with Gasteiger partial charge in [-0.05, 0) is 23.4 Å². The van der Waals surface area contributed by atoms with E-state index < -0.39 is 0 Å². The van der Waals surface area contributed by atoms with Crippen LogP contribution in [0.5, 0.6) is 0 Å². The van der Waals surface area contributed by atoms with Gasteiger partial charge in [0.05, 0.1) is 5.69 Å². The van der Waals surface area contributed by atoms with Crippen LogP contribution >= 0.6 is 0 Å². The third kappa shape index (κ3) is 2.48. The van der Waals surface area contributed by atoms with Crippen LogP contribution in [-0.2, 0) is 0 Å². The van der Waals surface area contributed by atoms with Crippen molar-refractivity contribution in [1.29, 1.82) is 0 Å². The highest BCUT2D eigenvalue weighted by atomic mass is 14.7. The summed E-state index contributed by atoms with van der Waals surface area (Å²) >= 11 is 0. The molecule has 0 atom stereocenters. The van der Waals surface area contributed by atoms with Crippen LogP contribution in [0.1, 0.15) is 18.9 Å². The van der Waals surface area contributed by atoms with Crippen molar-refractivity contribution in [3.8, 4) is 0 Å². The smallest absolute Gasteiger partial charge is 0.0711 e. The molecule has 3 aromatic carbocycles. The summed E-state index contributed by atoms with van der Waals surface area (Å²) in [4.78, 5) is 4.89. The molecule has 98 valence electrons. The van der Waals surface area contributed by atoms with Gasteiger partial charge >= 0.3 is 0 Å². The van der Waals surface area contributed by atoms with Crippen LogP contribution in [0.3, 0.4) is 0 Å². The first-order valence-electron chi connectivity index (χ1n) is 6.99. The second kappa shape index (κ2) is 5.70. The van der Waals surface area contributed by atoms with E-state index in [0.717, 1.165) is 17.8 Å². The molecule has 1 heteroatoms. The Morgan fingerprint density at radius 3 is 2.30 bits per heavy atom. The molecule has 0 saturated carbocycles. The van der Waals surface area contributed by atoms with Gasteiger partial charge in [0.2, 0.25) is 0 Å². The summed E-state index contributed by atoms with van der Waals surface area (Å²) in [5.41, 5.74) is 3.37. The molecule has 0 spiro atoms. The van der Waals surface area contributed by atoms with Gasteiger partial charge in [0.1, 0.15) is 0 Å². The molecule has 0 radical (unpaired) electrons. The zero-order valence-electron chi connectivity index (χ0n) is 11.6. The highest BCUT2D eigenvalue weighted by molar-refractivity contribution is 6.04. The van der Waals surface area contributed by atoms with Gasteiger partial charge in [-0.3, -0.25) is 4.99 Å². The van der Waals surface area contributed by atoms with Crippen molar-refractivity contribution in [2.45, 2.75) is 13.3 Å². The highest BCUT2D eigenvalue weighted by Crippen LogP contribution is 2.26. The van der Waals surface area contributed by atoms with Crippen LogP contribution in [0.25, 0.3) is 10.8 Å². The van der Waals surface area contributed by atoms with Crippen LogP contribution in [0.15, 0.2) is 77.8 Å². The van der Waals surface area contributed by atoms with Crippen molar-refractivity contribution in [2.24, 2.45) is 4.99 Å². The van der Waals surface area contributed by atoms with Crippen molar-refractivity contribution in [3.05, 3.63) is 78.4 Å². The maximum absolute atomic E-state index is 4.89. The molecule has 0 bridgehead atoms. The van der Waals surface area contributed by atoms with E-state index in [2.05, 4.69) is 73.7 Å². The Bertz CT molecular complexity index is 737. The largest absolute Gasteiger partial charge is 0.252 e. The first kappa shape index (κ1) is 12.6. The number of aliphatic imine (C=N–C) groups is 1. The van der Waals surface area contributed by atoms with Crippen LogP contribution in [0, 0.1) is 0 Å². The second-order valence-corrected chi connectivity index (χ2v) is 4.78. The first-order valence-corrected chi connectivity index (χ1v) is 6.99. The summed E-state index contributed by atoms with van der Waals surface area (Å²) in [6.07, 6.45) is 0.924. The summed E-state index contributed by atoms with van der Waals surface area (Å²) in [5, 5.41) is 2.44. The summed E-state index contributed by atoms with van der Waals surface area (Å²) in [5.74, 6) is 0. The lowest BCUT2D eigenvalue weighted by Crippen LogP contribution is -1.97. The first-order chi connectivity index (χ1) is 9.88. The van der Waals surface area contributed by atoms with E-state index in [1.165, 1.54) is 16.3 Å². The number of hydrogen-bond donors (Lipinski definition) is 0. The lowest BCUT2D eigenvalue weighted by molar-refractivity contribution is 1.26.